The number of rotatable bonds is 13. The molecule has 1 atom stereocenters. The molecule has 0 saturated carbocycles. The maximum absolute atomic E-state index is 13.7. The van der Waals surface area contributed by atoms with Gasteiger partial charge in [0.25, 0.3) is 10.1 Å². The van der Waals surface area contributed by atoms with Gasteiger partial charge in [-0.3, -0.25) is 4.55 Å². The first-order chi connectivity index (χ1) is 18.4. The molecule has 0 aromatic carbocycles. The van der Waals surface area contributed by atoms with Crippen molar-refractivity contribution in [1.29, 1.82) is 0 Å². The highest BCUT2D eigenvalue weighted by atomic mass is 32.2. The van der Waals surface area contributed by atoms with Crippen molar-refractivity contribution in [3.8, 4) is 0 Å². The highest BCUT2D eigenvalue weighted by Gasteiger charge is 2.99. The zero-order valence-corrected chi connectivity index (χ0v) is 19.7. The van der Waals surface area contributed by atoms with Crippen LogP contribution in [0, 0.1) is 0 Å². The average Bonchev–Trinajstić information content (AvgIpc) is 2.75. The van der Waals surface area contributed by atoms with Gasteiger partial charge >= 0.3 is 71.3 Å². The third-order valence-corrected chi connectivity index (χ3v) is 5.99. The molecule has 0 spiro atoms. The van der Waals surface area contributed by atoms with E-state index in [0.717, 1.165) is 0 Å². The van der Waals surface area contributed by atoms with Crippen LogP contribution in [0.2, 0.25) is 0 Å². The second kappa shape index (κ2) is 10.3. The molecule has 0 bridgehead atoms. The molecule has 0 aromatic heterocycles. The lowest BCUT2D eigenvalue weighted by Crippen LogP contribution is -2.78. The Kier molecular flexibility index (Phi) is 9.87. The molecule has 30 heteroatoms. The summed E-state index contributed by atoms with van der Waals surface area (Å²) in [5.74, 6) is -101. The Bertz CT molecular complexity index is 1170. The fourth-order valence-electron chi connectivity index (χ4n) is 2.44. The predicted molar refractivity (Wildman–Crippen MR) is 82.6 cm³/mol. The first kappa shape index (κ1) is 42.1. The Hall–Kier alpha value is -1.88. The van der Waals surface area contributed by atoms with Crippen LogP contribution in [0.4, 0.5) is 110 Å². The molecule has 0 amide bonds. The summed E-state index contributed by atoms with van der Waals surface area (Å²) in [6.07, 6.45) is -12.2. The zero-order valence-electron chi connectivity index (χ0n) is 18.9. The van der Waals surface area contributed by atoms with Gasteiger partial charge in [-0.25, -0.2) is 0 Å². The Morgan fingerprint density at radius 3 is 0.750 bits per heavy atom. The maximum atomic E-state index is 13.7. The second-order valence-electron chi connectivity index (χ2n) is 8.12. The zero-order chi connectivity index (χ0) is 36.8. The van der Waals surface area contributed by atoms with E-state index in [1.165, 1.54) is 0 Å². The van der Waals surface area contributed by atoms with Crippen molar-refractivity contribution in [2.24, 2.45) is 0 Å². The van der Waals surface area contributed by atoms with Gasteiger partial charge in [-0.15, -0.1) is 0 Å². The molecule has 2 N–H and O–H groups in total. The number of aliphatic hydroxyl groups excluding tert-OH is 1. The summed E-state index contributed by atoms with van der Waals surface area (Å²) in [7, 11) is -6.51. The van der Waals surface area contributed by atoms with Crippen molar-refractivity contribution >= 4 is 10.1 Å². The van der Waals surface area contributed by atoms with Gasteiger partial charge in [0.1, 0.15) is 0 Å². The van der Waals surface area contributed by atoms with Crippen LogP contribution < -0.4 is 0 Å². The van der Waals surface area contributed by atoms with Gasteiger partial charge in [0, 0.05) is 0 Å². The van der Waals surface area contributed by atoms with E-state index in [1.807, 2.05) is 0 Å². The molecule has 0 radical (unpaired) electrons. The van der Waals surface area contributed by atoms with Crippen molar-refractivity contribution in [3.05, 3.63) is 0 Å². The summed E-state index contributed by atoms with van der Waals surface area (Å²) in [5.41, 5.74) is -4.48. The number of halogens is 25. The van der Waals surface area contributed by atoms with E-state index in [0.29, 0.717) is 0 Å². The summed E-state index contributed by atoms with van der Waals surface area (Å²) in [4.78, 5) is 0. The van der Waals surface area contributed by atoms with Crippen LogP contribution in [-0.2, 0) is 10.1 Å². The van der Waals surface area contributed by atoms with Crippen LogP contribution in [0.25, 0.3) is 0 Å². The molecule has 4 nitrogen and oxygen atoms in total. The first-order valence-corrected chi connectivity index (χ1v) is 10.7. The Morgan fingerprint density at radius 1 is 0.386 bits per heavy atom. The second-order valence-corrected chi connectivity index (χ2v) is 9.69. The van der Waals surface area contributed by atoms with E-state index in [1.54, 1.807) is 0 Å². The topological polar surface area (TPSA) is 74.6 Å². The highest BCUT2D eigenvalue weighted by molar-refractivity contribution is 7.86. The Labute approximate surface area is 222 Å². The molecule has 0 aromatic rings. The Morgan fingerprint density at radius 2 is 0.568 bits per heavy atom. The monoisotopic (exact) mass is 744 g/mol. The minimum Gasteiger partial charge on any atom is -0.375 e. The van der Waals surface area contributed by atoms with Gasteiger partial charge in [0.2, 0.25) is 0 Å². The minimum absolute atomic E-state index is 3.99. The van der Waals surface area contributed by atoms with Crippen molar-refractivity contribution in [2.45, 2.75) is 83.2 Å². The van der Waals surface area contributed by atoms with E-state index < -0.39 is 93.3 Å². The van der Waals surface area contributed by atoms with Gasteiger partial charge in [-0.1, -0.05) is 0 Å². The molecule has 0 aliphatic heterocycles. The van der Waals surface area contributed by atoms with Crippen LogP contribution in [-0.4, -0.2) is 94.8 Å². The minimum atomic E-state index is -9.73. The lowest BCUT2D eigenvalue weighted by molar-refractivity contribution is -0.482. The highest BCUT2D eigenvalue weighted by Crippen LogP contribution is 2.67. The molecule has 44 heavy (non-hydrogen) atoms. The van der Waals surface area contributed by atoms with Gasteiger partial charge in [0.05, 0.1) is 6.42 Å². The van der Waals surface area contributed by atoms with Crippen LogP contribution in [0.3, 0.4) is 0 Å². The lowest BCUT2D eigenvalue weighted by atomic mass is 9.84. The fraction of sp³-hybridized carbons (Fsp3) is 1.00. The van der Waals surface area contributed by atoms with E-state index in [9.17, 15) is 118 Å². The number of alkyl halides is 25. The molecule has 1 unspecified atom stereocenters. The molecule has 0 aliphatic rings. The third kappa shape index (κ3) is 5.25. The summed E-state index contributed by atoms with van der Waals surface area (Å²) >= 11 is 0. The summed E-state index contributed by atoms with van der Waals surface area (Å²) in [6, 6.07) is 0. The summed E-state index contributed by atoms with van der Waals surface area (Å²) < 4.78 is 360. The summed E-state index contributed by atoms with van der Waals surface area (Å²) in [6.45, 7) is 0. The largest absolute Gasteiger partial charge is 0.460 e. The van der Waals surface area contributed by atoms with Gasteiger partial charge < -0.3 is 5.11 Å². The molecule has 0 aliphatic carbocycles. The van der Waals surface area contributed by atoms with Crippen molar-refractivity contribution in [3.63, 3.8) is 0 Å². The van der Waals surface area contributed by atoms with Crippen LogP contribution in [0.1, 0.15) is 6.42 Å². The molecule has 266 valence electrons. The SMILES string of the molecule is O=S(=O)(O)C(O)CC(F)(F)C(F)(F)C(F)(F)C(F)(F)C(F)(F)C(F)(F)C(F)(F)C(F)(F)C(F)(F)C(F)(F)C(F)(F)C(F)(F)F. The standard InChI is InChI=1S/C14H5F25O4S/c15-3(16,1-2(40)44(41,42)43)4(17,18)5(19,20)6(21,22)7(23,24)8(25,26)9(27,28)10(29,30)11(31,32)12(33,34)13(35,36)14(37,38)39/h2,40H,1H2,(H,41,42,43). The van der Waals surface area contributed by atoms with E-state index in [4.69, 9.17) is 9.66 Å². The number of hydrogen-bond donors (Lipinski definition) is 2. The van der Waals surface area contributed by atoms with Crippen molar-refractivity contribution in [2.75, 3.05) is 0 Å². The molecular weight excluding hydrogens is 739 g/mol. The molecule has 0 fully saturated rings. The van der Waals surface area contributed by atoms with Gasteiger partial charge in [-0.2, -0.15) is 118 Å². The average molecular weight is 744 g/mol. The van der Waals surface area contributed by atoms with Gasteiger partial charge in [0.15, 0.2) is 5.44 Å². The summed E-state index contributed by atoms with van der Waals surface area (Å²) in [5, 5.41) is 8.50. The fourth-order valence-corrected chi connectivity index (χ4v) is 2.86. The lowest BCUT2D eigenvalue weighted by Gasteiger charge is -2.45. The van der Waals surface area contributed by atoms with Crippen molar-refractivity contribution < 1.29 is 128 Å². The number of hydrogen-bond acceptors (Lipinski definition) is 3. The molecule has 0 rings (SSSR count). The molecular formula is C14H5F25O4S. The third-order valence-electron chi connectivity index (χ3n) is 5.14. The van der Waals surface area contributed by atoms with Crippen LogP contribution in [0.15, 0.2) is 0 Å². The smallest absolute Gasteiger partial charge is 0.375 e. The van der Waals surface area contributed by atoms with Crippen LogP contribution in [0.5, 0.6) is 0 Å². The Balaban J connectivity index is 7.34. The molecule has 0 heterocycles. The van der Waals surface area contributed by atoms with E-state index in [2.05, 4.69) is 0 Å². The van der Waals surface area contributed by atoms with E-state index in [-0.39, 0.29) is 0 Å². The van der Waals surface area contributed by atoms with Gasteiger partial charge in [-0.05, 0) is 0 Å². The maximum Gasteiger partial charge on any atom is 0.460 e. The number of aliphatic hydroxyl groups is 1. The first-order valence-electron chi connectivity index (χ1n) is 9.25. The predicted octanol–water partition coefficient (Wildman–Crippen LogP) is 7.13. The van der Waals surface area contributed by atoms with Crippen molar-refractivity contribution in [1.82, 2.24) is 0 Å². The quantitative estimate of drug-likeness (QED) is 0.156. The normalized spacial score (nSPS) is 17.6. The van der Waals surface area contributed by atoms with Crippen LogP contribution >= 0.6 is 0 Å². The molecule has 0 saturated heterocycles. The van der Waals surface area contributed by atoms with E-state index >= 15 is 0 Å².